The van der Waals surface area contributed by atoms with Gasteiger partial charge < -0.3 is 0 Å². The van der Waals surface area contributed by atoms with Gasteiger partial charge >= 0.3 is 0 Å². The Kier molecular flexibility index (Phi) is 4.19. The minimum absolute atomic E-state index is 0.0887. The number of aromatic nitrogens is 2. The lowest BCUT2D eigenvalue weighted by Gasteiger charge is -2.02. The lowest BCUT2D eigenvalue weighted by Crippen LogP contribution is -1.98. The van der Waals surface area contributed by atoms with Gasteiger partial charge in [-0.3, -0.25) is 0 Å². The summed E-state index contributed by atoms with van der Waals surface area (Å²) >= 11 is 1.37. The molecular weight excluding hydrogens is 273 g/mol. The first kappa shape index (κ1) is 14.0. The highest BCUT2D eigenvalue weighted by molar-refractivity contribution is 7.11. The molecule has 1 aromatic carbocycles. The molecule has 0 N–H and O–H groups in total. The van der Waals surface area contributed by atoms with Gasteiger partial charge in [0.1, 0.15) is 10.0 Å². The molecule has 2 aromatic rings. The molecular formula is C13H13F3N2S. The number of rotatable bonds is 4. The van der Waals surface area contributed by atoms with Crippen LogP contribution in [0.3, 0.4) is 0 Å². The molecule has 0 radical (unpaired) electrons. The first-order valence-electron chi connectivity index (χ1n) is 5.97. The van der Waals surface area contributed by atoms with Crippen molar-refractivity contribution in [1.29, 1.82) is 0 Å². The van der Waals surface area contributed by atoms with Crippen molar-refractivity contribution < 1.29 is 13.2 Å². The maximum absolute atomic E-state index is 13.5. The van der Waals surface area contributed by atoms with Gasteiger partial charge in [-0.05, 0) is 18.1 Å². The molecule has 0 aliphatic heterocycles. The zero-order chi connectivity index (χ0) is 14.0. The van der Waals surface area contributed by atoms with Crippen LogP contribution in [-0.2, 0) is 6.42 Å². The normalized spacial score (nSPS) is 12.7. The van der Waals surface area contributed by atoms with Crippen LogP contribution in [0.5, 0.6) is 0 Å². The van der Waals surface area contributed by atoms with Crippen LogP contribution in [0.1, 0.15) is 41.8 Å². The highest BCUT2D eigenvalue weighted by atomic mass is 32.1. The molecule has 0 aliphatic carbocycles. The quantitative estimate of drug-likeness (QED) is 0.792. The summed E-state index contributed by atoms with van der Waals surface area (Å²) in [6, 6.07) is 2.16. The van der Waals surface area contributed by atoms with Crippen LogP contribution >= 0.6 is 11.3 Å². The summed E-state index contributed by atoms with van der Waals surface area (Å²) in [7, 11) is 0. The molecule has 0 fully saturated rings. The van der Waals surface area contributed by atoms with Gasteiger partial charge in [0.2, 0.25) is 0 Å². The van der Waals surface area contributed by atoms with Gasteiger partial charge in [0, 0.05) is 12.3 Å². The zero-order valence-corrected chi connectivity index (χ0v) is 11.4. The van der Waals surface area contributed by atoms with Crippen molar-refractivity contribution in [1.82, 2.24) is 10.2 Å². The SMILES string of the molecule is CCC(C)c1nnc(Cc2ccc(F)c(F)c2F)s1. The zero-order valence-electron chi connectivity index (χ0n) is 10.6. The summed E-state index contributed by atoms with van der Waals surface area (Å²) in [5.74, 6) is -3.48. The van der Waals surface area contributed by atoms with E-state index in [4.69, 9.17) is 0 Å². The fraction of sp³-hybridized carbons (Fsp3) is 0.385. The number of hydrogen-bond donors (Lipinski definition) is 0. The van der Waals surface area contributed by atoms with Crippen LogP contribution < -0.4 is 0 Å². The van der Waals surface area contributed by atoms with Crippen molar-refractivity contribution in [2.75, 3.05) is 0 Å². The Hall–Kier alpha value is -1.43. The first-order chi connectivity index (χ1) is 9.02. The Balaban J connectivity index is 2.22. The van der Waals surface area contributed by atoms with Gasteiger partial charge in [0.15, 0.2) is 17.5 Å². The fourth-order valence-corrected chi connectivity index (χ4v) is 2.58. The third-order valence-corrected chi connectivity index (χ3v) is 4.13. The minimum Gasteiger partial charge on any atom is -0.204 e. The topological polar surface area (TPSA) is 25.8 Å². The van der Waals surface area contributed by atoms with E-state index in [2.05, 4.69) is 10.2 Å². The van der Waals surface area contributed by atoms with Crippen molar-refractivity contribution in [3.8, 4) is 0 Å². The molecule has 0 amide bonds. The highest BCUT2D eigenvalue weighted by Crippen LogP contribution is 2.25. The Morgan fingerprint density at radius 2 is 1.89 bits per heavy atom. The van der Waals surface area contributed by atoms with E-state index in [0.717, 1.165) is 17.5 Å². The number of benzene rings is 1. The molecule has 0 spiro atoms. The molecule has 0 saturated heterocycles. The predicted octanol–water partition coefficient (Wildman–Crippen LogP) is 4.06. The third-order valence-electron chi connectivity index (χ3n) is 2.97. The second-order valence-electron chi connectivity index (χ2n) is 4.35. The summed E-state index contributed by atoms with van der Waals surface area (Å²) < 4.78 is 39.4. The van der Waals surface area contributed by atoms with Crippen LogP contribution in [0, 0.1) is 17.5 Å². The molecule has 1 aromatic heterocycles. The summed E-state index contributed by atoms with van der Waals surface area (Å²) in [4.78, 5) is 0. The monoisotopic (exact) mass is 286 g/mol. The number of nitrogens with zero attached hydrogens (tertiary/aromatic N) is 2. The summed E-state index contributed by atoms with van der Waals surface area (Å²) in [6.07, 6.45) is 1.06. The highest BCUT2D eigenvalue weighted by Gasteiger charge is 2.16. The molecule has 19 heavy (non-hydrogen) atoms. The first-order valence-corrected chi connectivity index (χ1v) is 6.79. The van der Waals surface area contributed by atoms with E-state index >= 15 is 0 Å². The minimum atomic E-state index is -1.44. The Morgan fingerprint density at radius 3 is 2.58 bits per heavy atom. The van der Waals surface area contributed by atoms with E-state index in [1.165, 1.54) is 17.4 Å². The fourth-order valence-electron chi connectivity index (χ4n) is 1.58. The lowest BCUT2D eigenvalue weighted by atomic mass is 10.1. The second-order valence-corrected chi connectivity index (χ2v) is 5.45. The van der Waals surface area contributed by atoms with Crippen molar-refractivity contribution in [2.45, 2.75) is 32.6 Å². The molecule has 0 saturated carbocycles. The van der Waals surface area contributed by atoms with Gasteiger partial charge in [0.25, 0.3) is 0 Å². The standard InChI is InChI=1S/C13H13F3N2S/c1-3-7(2)13-18-17-10(19-13)6-8-4-5-9(14)12(16)11(8)15/h4-5,7H,3,6H2,1-2H3. The van der Waals surface area contributed by atoms with E-state index in [1.54, 1.807) is 0 Å². The second kappa shape index (κ2) is 5.69. The van der Waals surface area contributed by atoms with Gasteiger partial charge in [-0.15, -0.1) is 21.5 Å². The molecule has 1 atom stereocenters. The largest absolute Gasteiger partial charge is 0.204 e. The summed E-state index contributed by atoms with van der Waals surface area (Å²) in [6.45, 7) is 4.07. The molecule has 1 heterocycles. The van der Waals surface area contributed by atoms with E-state index < -0.39 is 17.5 Å². The Morgan fingerprint density at radius 1 is 1.16 bits per heavy atom. The maximum atomic E-state index is 13.5. The third kappa shape index (κ3) is 2.94. The molecule has 2 nitrogen and oxygen atoms in total. The van der Waals surface area contributed by atoms with Gasteiger partial charge in [-0.1, -0.05) is 19.9 Å². The molecule has 6 heteroatoms. The van der Waals surface area contributed by atoms with Gasteiger partial charge in [-0.2, -0.15) is 0 Å². The van der Waals surface area contributed by atoms with Crippen molar-refractivity contribution in [3.63, 3.8) is 0 Å². The van der Waals surface area contributed by atoms with Crippen LogP contribution in [0.4, 0.5) is 13.2 Å². The summed E-state index contributed by atoms with van der Waals surface area (Å²) in [5.41, 5.74) is 0.0887. The molecule has 0 bridgehead atoms. The number of hydrogen-bond acceptors (Lipinski definition) is 3. The lowest BCUT2D eigenvalue weighted by molar-refractivity contribution is 0.442. The van der Waals surface area contributed by atoms with Gasteiger partial charge in [0.05, 0.1) is 0 Å². The van der Waals surface area contributed by atoms with E-state index in [1.807, 2.05) is 13.8 Å². The predicted molar refractivity (Wildman–Crippen MR) is 67.7 cm³/mol. The summed E-state index contributed by atoms with van der Waals surface area (Å²) in [5, 5.41) is 9.46. The molecule has 102 valence electrons. The molecule has 1 unspecified atom stereocenters. The number of halogens is 3. The Bertz CT molecular complexity index is 583. The smallest absolute Gasteiger partial charge is 0.194 e. The van der Waals surface area contributed by atoms with Crippen molar-refractivity contribution >= 4 is 11.3 Å². The van der Waals surface area contributed by atoms with E-state index in [-0.39, 0.29) is 12.0 Å². The average molecular weight is 286 g/mol. The van der Waals surface area contributed by atoms with Crippen LogP contribution in [0.25, 0.3) is 0 Å². The molecule has 0 aliphatic rings. The molecule has 2 rings (SSSR count). The van der Waals surface area contributed by atoms with E-state index in [9.17, 15) is 13.2 Å². The van der Waals surface area contributed by atoms with Crippen molar-refractivity contribution in [3.05, 3.63) is 45.2 Å². The van der Waals surface area contributed by atoms with Crippen molar-refractivity contribution in [2.24, 2.45) is 0 Å². The maximum Gasteiger partial charge on any atom is 0.194 e. The average Bonchev–Trinajstić information content (AvgIpc) is 2.87. The van der Waals surface area contributed by atoms with Crippen LogP contribution in [0.15, 0.2) is 12.1 Å². The van der Waals surface area contributed by atoms with E-state index in [0.29, 0.717) is 10.9 Å². The van der Waals surface area contributed by atoms with Crippen LogP contribution in [0.2, 0.25) is 0 Å². The van der Waals surface area contributed by atoms with Gasteiger partial charge in [-0.25, -0.2) is 13.2 Å². The van der Waals surface area contributed by atoms with Crippen LogP contribution in [-0.4, -0.2) is 10.2 Å². The Labute approximate surface area is 113 Å².